The Labute approximate surface area is 252 Å². The van der Waals surface area contributed by atoms with Gasteiger partial charge in [-0.2, -0.15) is 8.42 Å². The minimum Gasteiger partial charge on any atom is -0.463 e. The first-order valence-corrected chi connectivity index (χ1v) is 17.6. The SMILES string of the molecule is COS(=O)(=O)CCN(C)C(=O)CC[C@@H](C)[C@H]1CC[C@H]2[C@@H]3[C@H](OC(C)=O)C[C@@H]4C[C@H](OC(C)=O)CC[C@]4(C)[C@H]3CC[C@]12C. The summed E-state index contributed by atoms with van der Waals surface area (Å²) in [6.07, 6.45) is 9.10. The van der Waals surface area contributed by atoms with Gasteiger partial charge in [-0.15, -0.1) is 0 Å². The molecule has 0 aliphatic heterocycles. The molecule has 10 heteroatoms. The average Bonchev–Trinajstić information content (AvgIpc) is 3.27. The predicted molar refractivity (Wildman–Crippen MR) is 159 cm³/mol. The van der Waals surface area contributed by atoms with Crippen LogP contribution < -0.4 is 0 Å². The molecule has 0 spiro atoms. The fourth-order valence-corrected chi connectivity index (χ4v) is 10.7. The van der Waals surface area contributed by atoms with E-state index in [1.54, 1.807) is 7.05 Å². The van der Waals surface area contributed by atoms with E-state index in [4.69, 9.17) is 9.47 Å². The van der Waals surface area contributed by atoms with Gasteiger partial charge in [0.05, 0.1) is 12.9 Å². The van der Waals surface area contributed by atoms with E-state index in [9.17, 15) is 22.8 Å². The molecular weight excluding hydrogens is 558 g/mol. The van der Waals surface area contributed by atoms with E-state index < -0.39 is 10.1 Å². The maximum Gasteiger partial charge on any atom is 0.302 e. The Hall–Kier alpha value is -1.68. The fraction of sp³-hybridized carbons (Fsp3) is 0.906. The topological polar surface area (TPSA) is 116 Å². The third kappa shape index (κ3) is 6.69. The Morgan fingerprint density at radius 1 is 0.929 bits per heavy atom. The molecule has 0 aromatic rings. The van der Waals surface area contributed by atoms with Crippen molar-refractivity contribution in [2.45, 2.75) is 111 Å². The van der Waals surface area contributed by atoms with Crippen molar-refractivity contribution in [3.8, 4) is 0 Å². The lowest BCUT2D eigenvalue weighted by atomic mass is 9.43. The number of carbonyl (C=O) groups is 3. The monoisotopic (exact) mass is 611 g/mol. The van der Waals surface area contributed by atoms with Crippen LogP contribution in [-0.2, 0) is 38.2 Å². The number of hydrogen-bond acceptors (Lipinski definition) is 8. The number of amides is 1. The van der Waals surface area contributed by atoms with Crippen LogP contribution in [-0.4, -0.2) is 69.8 Å². The highest BCUT2D eigenvalue weighted by Gasteiger charge is 2.64. The molecule has 0 unspecified atom stereocenters. The summed E-state index contributed by atoms with van der Waals surface area (Å²) in [5, 5.41) is 0. The van der Waals surface area contributed by atoms with Crippen LogP contribution in [0.1, 0.15) is 98.8 Å². The van der Waals surface area contributed by atoms with Crippen molar-refractivity contribution >= 4 is 28.0 Å². The van der Waals surface area contributed by atoms with Crippen molar-refractivity contribution in [3.63, 3.8) is 0 Å². The summed E-state index contributed by atoms with van der Waals surface area (Å²) < 4.78 is 39.6. The minimum atomic E-state index is -3.60. The van der Waals surface area contributed by atoms with Crippen LogP contribution in [0.15, 0.2) is 0 Å². The van der Waals surface area contributed by atoms with Crippen LogP contribution in [0.4, 0.5) is 0 Å². The molecule has 4 aliphatic carbocycles. The quantitative estimate of drug-likeness (QED) is 0.251. The van der Waals surface area contributed by atoms with E-state index in [1.165, 1.54) is 18.7 Å². The molecule has 0 bridgehead atoms. The second kappa shape index (κ2) is 12.7. The zero-order valence-electron chi connectivity index (χ0n) is 26.7. The molecule has 0 saturated heterocycles. The van der Waals surface area contributed by atoms with Crippen LogP contribution >= 0.6 is 0 Å². The Balaban J connectivity index is 1.45. The highest BCUT2D eigenvalue weighted by molar-refractivity contribution is 7.86. The second-order valence-electron chi connectivity index (χ2n) is 14.4. The summed E-state index contributed by atoms with van der Waals surface area (Å²) in [5.41, 5.74) is 0.273. The molecule has 0 aromatic carbocycles. The molecule has 1 amide bonds. The van der Waals surface area contributed by atoms with Gasteiger partial charge in [0.2, 0.25) is 5.91 Å². The molecule has 0 N–H and O–H groups in total. The summed E-state index contributed by atoms with van der Waals surface area (Å²) in [4.78, 5) is 38.3. The standard InChI is InChI=1S/C32H53NO8S/c1-20(8-11-29(36)33(6)16-17-42(37,38)39-7)25-9-10-26-30-27(13-15-32(25,26)5)31(4)14-12-24(40-21(2)34)18-23(31)19-28(30)41-22(3)35/h20,23-28,30H,8-19H2,1-7H3/t20-,23+,24-,25-,26+,27+,28-,30+,31+,32-/m1/s1. The average molecular weight is 612 g/mol. The van der Waals surface area contributed by atoms with E-state index in [0.29, 0.717) is 41.9 Å². The fourth-order valence-electron chi connectivity index (χ4n) is 10.0. The van der Waals surface area contributed by atoms with Gasteiger partial charge in [0.25, 0.3) is 10.1 Å². The van der Waals surface area contributed by atoms with Crippen molar-refractivity contribution in [2.75, 3.05) is 26.5 Å². The summed E-state index contributed by atoms with van der Waals surface area (Å²) in [7, 11) is -0.812. The minimum absolute atomic E-state index is 0.0397. The van der Waals surface area contributed by atoms with E-state index in [2.05, 4.69) is 25.0 Å². The number of ether oxygens (including phenoxy) is 2. The van der Waals surface area contributed by atoms with Gasteiger partial charge in [-0.25, -0.2) is 0 Å². The van der Waals surface area contributed by atoms with Gasteiger partial charge in [0.15, 0.2) is 0 Å². The van der Waals surface area contributed by atoms with Gasteiger partial charge in [-0.1, -0.05) is 20.8 Å². The number of carbonyl (C=O) groups excluding carboxylic acids is 3. The third-order valence-corrected chi connectivity index (χ3v) is 13.4. The van der Waals surface area contributed by atoms with Crippen LogP contribution in [0.25, 0.3) is 0 Å². The summed E-state index contributed by atoms with van der Waals surface area (Å²) in [5.74, 6) is 1.79. The second-order valence-corrected chi connectivity index (χ2v) is 16.2. The third-order valence-electron chi connectivity index (χ3n) is 12.2. The van der Waals surface area contributed by atoms with E-state index >= 15 is 0 Å². The molecule has 240 valence electrons. The summed E-state index contributed by atoms with van der Waals surface area (Å²) in [6.45, 7) is 10.3. The molecule has 0 aromatic heterocycles. The number of hydrogen-bond donors (Lipinski definition) is 0. The Morgan fingerprint density at radius 3 is 2.21 bits per heavy atom. The van der Waals surface area contributed by atoms with E-state index in [-0.39, 0.29) is 53.2 Å². The van der Waals surface area contributed by atoms with E-state index in [0.717, 1.165) is 64.9 Å². The van der Waals surface area contributed by atoms with Crippen molar-refractivity contribution < 1.29 is 36.5 Å². The molecule has 0 radical (unpaired) electrons. The Bertz CT molecular complexity index is 1130. The molecule has 4 aliphatic rings. The van der Waals surface area contributed by atoms with Crippen molar-refractivity contribution in [3.05, 3.63) is 0 Å². The lowest BCUT2D eigenvalue weighted by Gasteiger charge is -2.62. The number of rotatable bonds is 10. The van der Waals surface area contributed by atoms with Crippen molar-refractivity contribution in [1.82, 2.24) is 4.90 Å². The Morgan fingerprint density at radius 2 is 1.57 bits per heavy atom. The smallest absolute Gasteiger partial charge is 0.302 e. The maximum atomic E-state index is 12.8. The summed E-state index contributed by atoms with van der Waals surface area (Å²) in [6, 6.07) is 0. The number of nitrogens with zero attached hydrogens (tertiary/aromatic N) is 1. The van der Waals surface area contributed by atoms with E-state index in [1.807, 2.05) is 0 Å². The molecule has 9 nitrogen and oxygen atoms in total. The van der Waals surface area contributed by atoms with Gasteiger partial charge in [0.1, 0.15) is 12.2 Å². The molecule has 4 saturated carbocycles. The first-order valence-electron chi connectivity index (χ1n) is 16.0. The van der Waals surface area contributed by atoms with Crippen LogP contribution in [0.3, 0.4) is 0 Å². The maximum absolute atomic E-state index is 12.8. The molecule has 42 heavy (non-hydrogen) atoms. The first kappa shape index (κ1) is 33.2. The largest absolute Gasteiger partial charge is 0.463 e. The number of fused-ring (bicyclic) bond motifs is 5. The first-order chi connectivity index (χ1) is 19.6. The lowest BCUT2D eigenvalue weighted by molar-refractivity contribution is -0.197. The van der Waals surface area contributed by atoms with Crippen molar-refractivity contribution in [2.24, 2.45) is 46.3 Å². The molecule has 0 heterocycles. The highest BCUT2D eigenvalue weighted by atomic mass is 32.2. The molecule has 4 fully saturated rings. The Kier molecular flexibility index (Phi) is 10.1. The zero-order valence-corrected chi connectivity index (χ0v) is 27.5. The van der Waals surface area contributed by atoms with Gasteiger partial charge in [0, 0.05) is 39.8 Å². The van der Waals surface area contributed by atoms with Gasteiger partial charge >= 0.3 is 11.9 Å². The lowest BCUT2D eigenvalue weighted by Crippen LogP contribution is -2.59. The highest BCUT2D eigenvalue weighted by Crippen LogP contribution is 2.68. The van der Waals surface area contributed by atoms with Crippen LogP contribution in [0, 0.1) is 46.3 Å². The summed E-state index contributed by atoms with van der Waals surface area (Å²) >= 11 is 0. The van der Waals surface area contributed by atoms with Gasteiger partial charge in [-0.05, 0) is 98.2 Å². The number of esters is 2. The molecule has 4 rings (SSSR count). The molecule has 10 atom stereocenters. The zero-order chi connectivity index (χ0) is 31.0. The normalized spacial score (nSPS) is 38.4. The van der Waals surface area contributed by atoms with Crippen LogP contribution in [0.5, 0.6) is 0 Å². The predicted octanol–water partition coefficient (Wildman–Crippen LogP) is 4.97. The van der Waals surface area contributed by atoms with Crippen molar-refractivity contribution in [1.29, 1.82) is 0 Å². The molecular formula is C32H53NO8S. The van der Waals surface area contributed by atoms with Gasteiger partial charge in [-0.3, -0.25) is 18.6 Å². The van der Waals surface area contributed by atoms with Gasteiger partial charge < -0.3 is 14.4 Å². The van der Waals surface area contributed by atoms with Crippen LogP contribution in [0.2, 0.25) is 0 Å².